The quantitative estimate of drug-likeness (QED) is 0.674. The Morgan fingerprint density at radius 2 is 1.93 bits per heavy atom. The van der Waals surface area contributed by atoms with E-state index in [0.717, 1.165) is 11.8 Å². The number of ketones is 2. The third kappa shape index (κ3) is 1.71. The van der Waals surface area contributed by atoms with Crippen molar-refractivity contribution in [3.8, 4) is 0 Å². The van der Waals surface area contributed by atoms with Crippen LogP contribution >= 0.6 is 11.8 Å². The number of carbonyl (C=O) groups excluding carboxylic acids is 3. The van der Waals surface area contributed by atoms with Gasteiger partial charge in [0.2, 0.25) is 10.8 Å². The Kier molecular flexibility index (Phi) is 3.34. The molecule has 0 radical (unpaired) electrons. The summed E-state index contributed by atoms with van der Waals surface area (Å²) in [4.78, 5) is 34.7. The highest BCUT2D eigenvalue weighted by Crippen LogP contribution is 2.36. The fourth-order valence-corrected chi connectivity index (χ4v) is 2.73. The molecular formula is C10H13NO3S. The Balaban J connectivity index is 3.28. The van der Waals surface area contributed by atoms with E-state index in [1.807, 2.05) is 0 Å². The molecule has 1 aliphatic rings. The molecule has 0 aliphatic carbocycles. The maximum atomic E-state index is 11.6. The molecule has 0 unspecified atom stereocenters. The number of Topliss-reactive ketones (excluding diaryl/α,β-unsaturated/α-hetero) is 2. The molecule has 0 aromatic carbocycles. The number of likely N-dealkylation sites (N-methyl/N-ethyl adjacent to an activating group) is 1. The SMILES string of the molecule is CCN1C(=O)C=CSC1(C(C)=O)C(C)=O. The third-order valence-corrected chi connectivity index (χ3v) is 3.77. The molecule has 0 fully saturated rings. The number of thioether (sulfide) groups is 1. The lowest BCUT2D eigenvalue weighted by molar-refractivity contribution is -0.143. The lowest BCUT2D eigenvalue weighted by atomic mass is 10.1. The van der Waals surface area contributed by atoms with E-state index < -0.39 is 4.87 Å². The van der Waals surface area contributed by atoms with Crippen LogP contribution in [-0.2, 0) is 14.4 Å². The van der Waals surface area contributed by atoms with Gasteiger partial charge in [-0.15, -0.1) is 0 Å². The van der Waals surface area contributed by atoms with Crippen molar-refractivity contribution in [3.63, 3.8) is 0 Å². The van der Waals surface area contributed by atoms with Gasteiger partial charge in [0.1, 0.15) is 0 Å². The lowest BCUT2D eigenvalue weighted by Gasteiger charge is -2.39. The Labute approximate surface area is 92.7 Å². The van der Waals surface area contributed by atoms with Gasteiger partial charge in [-0.3, -0.25) is 14.4 Å². The molecule has 0 saturated carbocycles. The maximum absolute atomic E-state index is 11.6. The van der Waals surface area contributed by atoms with Crippen LogP contribution in [0.3, 0.4) is 0 Å². The molecule has 0 aromatic heterocycles. The second kappa shape index (κ2) is 4.18. The summed E-state index contributed by atoms with van der Waals surface area (Å²) < 4.78 is 0. The Hall–Kier alpha value is -1.10. The Morgan fingerprint density at radius 3 is 2.27 bits per heavy atom. The number of nitrogens with zero attached hydrogens (tertiary/aromatic N) is 1. The maximum Gasteiger partial charge on any atom is 0.248 e. The van der Waals surface area contributed by atoms with Crippen molar-refractivity contribution in [3.05, 3.63) is 11.5 Å². The van der Waals surface area contributed by atoms with Gasteiger partial charge in [0.25, 0.3) is 0 Å². The summed E-state index contributed by atoms with van der Waals surface area (Å²) in [6, 6.07) is 0. The zero-order valence-electron chi connectivity index (χ0n) is 8.94. The van der Waals surface area contributed by atoms with Crippen LogP contribution in [0.25, 0.3) is 0 Å². The van der Waals surface area contributed by atoms with E-state index in [1.54, 1.807) is 6.92 Å². The van der Waals surface area contributed by atoms with Gasteiger partial charge in [0.15, 0.2) is 11.6 Å². The monoisotopic (exact) mass is 227 g/mol. The normalized spacial score (nSPS) is 19.1. The number of hydrogen-bond acceptors (Lipinski definition) is 4. The molecule has 15 heavy (non-hydrogen) atoms. The second-order valence-electron chi connectivity index (χ2n) is 3.26. The lowest BCUT2D eigenvalue weighted by Crippen LogP contribution is -2.59. The van der Waals surface area contributed by atoms with Crippen LogP contribution in [0.1, 0.15) is 20.8 Å². The van der Waals surface area contributed by atoms with E-state index in [-0.39, 0.29) is 17.5 Å². The van der Waals surface area contributed by atoms with Crippen LogP contribution in [0.15, 0.2) is 11.5 Å². The van der Waals surface area contributed by atoms with E-state index in [1.165, 1.54) is 30.2 Å². The summed E-state index contributed by atoms with van der Waals surface area (Å²) in [6.45, 7) is 4.76. The summed E-state index contributed by atoms with van der Waals surface area (Å²) in [6.07, 6.45) is 1.37. The van der Waals surface area contributed by atoms with Gasteiger partial charge in [-0.25, -0.2) is 0 Å². The summed E-state index contributed by atoms with van der Waals surface area (Å²) in [5, 5.41) is 1.51. The average molecular weight is 227 g/mol. The number of hydrogen-bond donors (Lipinski definition) is 0. The Bertz CT molecular complexity index is 335. The molecule has 0 N–H and O–H groups in total. The molecule has 82 valence electrons. The zero-order valence-corrected chi connectivity index (χ0v) is 9.76. The molecule has 1 heterocycles. The molecule has 1 aliphatic heterocycles. The first-order valence-corrected chi connectivity index (χ1v) is 5.52. The van der Waals surface area contributed by atoms with Crippen LogP contribution in [0, 0.1) is 0 Å². The van der Waals surface area contributed by atoms with Crippen LogP contribution < -0.4 is 0 Å². The van der Waals surface area contributed by atoms with E-state index in [4.69, 9.17) is 0 Å². The fourth-order valence-electron chi connectivity index (χ4n) is 1.67. The summed E-state index contributed by atoms with van der Waals surface area (Å²) in [5.74, 6) is -0.902. The minimum atomic E-state index is -1.35. The molecule has 5 heteroatoms. The van der Waals surface area contributed by atoms with Crippen LogP contribution in [-0.4, -0.2) is 33.8 Å². The van der Waals surface area contributed by atoms with Crippen LogP contribution in [0.4, 0.5) is 0 Å². The molecule has 0 atom stereocenters. The third-order valence-electron chi connectivity index (χ3n) is 2.37. The number of carbonyl (C=O) groups is 3. The highest BCUT2D eigenvalue weighted by Gasteiger charge is 2.49. The van der Waals surface area contributed by atoms with E-state index in [9.17, 15) is 14.4 Å². The topological polar surface area (TPSA) is 54.5 Å². The molecule has 0 aromatic rings. The first-order valence-electron chi connectivity index (χ1n) is 4.64. The van der Waals surface area contributed by atoms with Gasteiger partial charge in [-0.05, 0) is 26.2 Å². The summed E-state index contributed by atoms with van der Waals surface area (Å²) >= 11 is 1.09. The molecule has 1 rings (SSSR count). The van der Waals surface area contributed by atoms with E-state index in [2.05, 4.69) is 0 Å². The Morgan fingerprint density at radius 1 is 1.40 bits per heavy atom. The molecule has 0 bridgehead atoms. The standard InChI is InChI=1S/C10H13NO3S/c1-4-11-9(14)5-6-15-10(11,7(2)12)8(3)13/h5-6H,4H2,1-3H3. The highest BCUT2D eigenvalue weighted by atomic mass is 32.2. The van der Waals surface area contributed by atoms with Gasteiger partial charge in [-0.1, -0.05) is 11.8 Å². The predicted octanol–water partition coefficient (Wildman–Crippen LogP) is 0.970. The smallest absolute Gasteiger partial charge is 0.248 e. The molecule has 4 nitrogen and oxygen atoms in total. The average Bonchev–Trinajstić information content (AvgIpc) is 2.16. The summed E-state index contributed by atoms with van der Waals surface area (Å²) in [7, 11) is 0. The first kappa shape index (κ1) is 12.0. The van der Waals surface area contributed by atoms with Gasteiger partial charge >= 0.3 is 0 Å². The van der Waals surface area contributed by atoms with Crippen molar-refractivity contribution in [2.45, 2.75) is 25.6 Å². The molecular weight excluding hydrogens is 214 g/mol. The van der Waals surface area contributed by atoms with Crippen molar-refractivity contribution < 1.29 is 14.4 Å². The largest absolute Gasteiger partial charge is 0.311 e. The van der Waals surface area contributed by atoms with Crippen molar-refractivity contribution in [2.75, 3.05) is 6.54 Å². The minimum Gasteiger partial charge on any atom is -0.311 e. The number of rotatable bonds is 3. The van der Waals surface area contributed by atoms with Crippen molar-refractivity contribution in [1.29, 1.82) is 0 Å². The molecule has 0 spiro atoms. The zero-order chi connectivity index (χ0) is 11.6. The fraction of sp³-hybridized carbons (Fsp3) is 0.500. The van der Waals surface area contributed by atoms with Crippen molar-refractivity contribution in [1.82, 2.24) is 4.90 Å². The number of amides is 1. The van der Waals surface area contributed by atoms with Crippen molar-refractivity contribution >= 4 is 29.2 Å². The predicted molar refractivity (Wildman–Crippen MR) is 58.2 cm³/mol. The van der Waals surface area contributed by atoms with Gasteiger partial charge < -0.3 is 4.90 Å². The van der Waals surface area contributed by atoms with Crippen LogP contribution in [0.2, 0.25) is 0 Å². The summed E-state index contributed by atoms with van der Waals surface area (Å²) in [5.41, 5.74) is 0. The van der Waals surface area contributed by atoms with E-state index in [0.29, 0.717) is 6.54 Å². The first-order chi connectivity index (χ1) is 6.96. The van der Waals surface area contributed by atoms with Crippen LogP contribution in [0.5, 0.6) is 0 Å². The molecule has 1 amide bonds. The molecule has 0 saturated heterocycles. The minimum absolute atomic E-state index is 0.290. The van der Waals surface area contributed by atoms with Crippen molar-refractivity contribution in [2.24, 2.45) is 0 Å². The highest BCUT2D eigenvalue weighted by molar-refractivity contribution is 8.05. The van der Waals surface area contributed by atoms with Gasteiger partial charge in [0, 0.05) is 12.6 Å². The second-order valence-corrected chi connectivity index (χ2v) is 4.36. The van der Waals surface area contributed by atoms with E-state index >= 15 is 0 Å². The van der Waals surface area contributed by atoms with Gasteiger partial charge in [-0.2, -0.15) is 0 Å². The van der Waals surface area contributed by atoms with Gasteiger partial charge in [0.05, 0.1) is 0 Å².